The van der Waals surface area contributed by atoms with Crippen LogP contribution in [0.1, 0.15) is 10.4 Å². The minimum absolute atomic E-state index is 0.161. The van der Waals surface area contributed by atoms with Gasteiger partial charge in [0, 0.05) is 29.6 Å². The number of amides is 1. The topological polar surface area (TPSA) is 88.6 Å². The number of nitrogens with one attached hydrogen (secondary N) is 1. The van der Waals surface area contributed by atoms with E-state index < -0.39 is 10.0 Å². The lowest BCUT2D eigenvalue weighted by Crippen LogP contribution is -2.40. The number of hydrogen-bond acceptors (Lipinski definition) is 6. The average Bonchev–Trinajstić information content (AvgIpc) is 3.32. The Hall–Kier alpha value is -3.11. The van der Waals surface area contributed by atoms with Crippen molar-refractivity contribution in [2.45, 2.75) is 4.90 Å². The lowest BCUT2D eigenvalue weighted by atomic mass is 10.0. The normalized spacial score (nSPS) is 14.9. The van der Waals surface area contributed by atoms with Gasteiger partial charge >= 0.3 is 0 Å². The van der Waals surface area contributed by atoms with Gasteiger partial charge in [-0.1, -0.05) is 42.5 Å². The summed E-state index contributed by atoms with van der Waals surface area (Å²) in [5, 5.41) is 7.42. The van der Waals surface area contributed by atoms with Crippen molar-refractivity contribution in [2.75, 3.05) is 31.6 Å². The first kappa shape index (κ1) is 21.7. The smallest absolute Gasteiger partial charge is 0.257 e. The van der Waals surface area contributed by atoms with Gasteiger partial charge in [-0.05, 0) is 35.0 Å². The van der Waals surface area contributed by atoms with E-state index in [4.69, 9.17) is 4.74 Å². The number of morpholine rings is 1. The third kappa shape index (κ3) is 4.40. The van der Waals surface area contributed by atoms with Gasteiger partial charge in [-0.2, -0.15) is 4.31 Å². The fourth-order valence-corrected chi connectivity index (χ4v) is 5.90. The third-order valence-electron chi connectivity index (χ3n) is 5.51. The summed E-state index contributed by atoms with van der Waals surface area (Å²) in [7, 11) is -3.60. The molecule has 33 heavy (non-hydrogen) atoms. The van der Waals surface area contributed by atoms with E-state index in [-0.39, 0.29) is 10.8 Å². The number of ether oxygens (including phenoxy) is 1. The molecule has 1 N–H and O–H groups in total. The number of carbonyl (C=O) groups excluding carboxylic acids is 1. The van der Waals surface area contributed by atoms with Gasteiger partial charge in [0.05, 0.1) is 23.8 Å². The molecule has 0 saturated carbocycles. The number of hydrogen-bond donors (Lipinski definition) is 1. The first-order valence-electron chi connectivity index (χ1n) is 10.5. The molecule has 9 heteroatoms. The van der Waals surface area contributed by atoms with E-state index in [1.807, 2.05) is 29.6 Å². The van der Waals surface area contributed by atoms with Crippen LogP contribution in [0, 0.1) is 0 Å². The quantitative estimate of drug-likeness (QED) is 0.463. The van der Waals surface area contributed by atoms with Crippen LogP contribution in [0.5, 0.6) is 0 Å². The van der Waals surface area contributed by atoms with Crippen LogP contribution in [-0.2, 0) is 14.8 Å². The Labute approximate surface area is 195 Å². The highest BCUT2D eigenvalue weighted by atomic mass is 32.2. The third-order valence-corrected chi connectivity index (χ3v) is 8.19. The predicted molar refractivity (Wildman–Crippen MR) is 129 cm³/mol. The molecule has 1 fully saturated rings. The molecule has 0 bridgehead atoms. The Morgan fingerprint density at radius 1 is 0.970 bits per heavy atom. The number of aromatic nitrogens is 1. The highest BCUT2D eigenvalue weighted by molar-refractivity contribution is 7.89. The largest absolute Gasteiger partial charge is 0.379 e. The van der Waals surface area contributed by atoms with Crippen LogP contribution in [0.3, 0.4) is 0 Å². The number of carbonyl (C=O) groups is 1. The summed E-state index contributed by atoms with van der Waals surface area (Å²) in [4.78, 5) is 17.5. The summed E-state index contributed by atoms with van der Waals surface area (Å²) >= 11 is 1.34. The van der Waals surface area contributed by atoms with Gasteiger partial charge in [-0.15, -0.1) is 11.3 Å². The van der Waals surface area contributed by atoms with E-state index >= 15 is 0 Å². The SMILES string of the molecule is O=C(Nc1nc(-c2cccc3ccccc23)cs1)c1ccc(S(=O)(=O)N2CCOCC2)cc1. The molecule has 168 valence electrons. The van der Waals surface area contributed by atoms with E-state index in [9.17, 15) is 13.2 Å². The summed E-state index contributed by atoms with van der Waals surface area (Å²) in [5.74, 6) is -0.343. The molecule has 0 aliphatic carbocycles. The molecule has 1 aliphatic rings. The molecule has 1 aliphatic heterocycles. The van der Waals surface area contributed by atoms with E-state index in [2.05, 4.69) is 28.5 Å². The number of rotatable bonds is 5. The maximum Gasteiger partial charge on any atom is 0.257 e. The molecule has 0 unspecified atom stereocenters. The van der Waals surface area contributed by atoms with Crippen LogP contribution < -0.4 is 5.32 Å². The van der Waals surface area contributed by atoms with Crippen LogP contribution in [0.4, 0.5) is 5.13 Å². The van der Waals surface area contributed by atoms with Crippen molar-refractivity contribution in [3.05, 3.63) is 77.7 Å². The molecule has 1 aromatic heterocycles. The monoisotopic (exact) mass is 479 g/mol. The molecule has 0 atom stereocenters. The van der Waals surface area contributed by atoms with Crippen LogP contribution >= 0.6 is 11.3 Å². The van der Waals surface area contributed by atoms with Gasteiger partial charge < -0.3 is 4.74 Å². The van der Waals surface area contributed by atoms with E-state index in [0.717, 1.165) is 22.0 Å². The standard InChI is InChI=1S/C24H21N3O4S2/c28-23(18-8-10-19(11-9-18)33(29,30)27-12-14-31-15-13-27)26-24-25-22(16-32-24)21-7-3-5-17-4-1-2-6-20(17)21/h1-11,16H,12-15H2,(H,25,26,28). The van der Waals surface area contributed by atoms with E-state index in [1.165, 1.54) is 39.9 Å². The number of benzene rings is 3. The summed E-state index contributed by atoms with van der Waals surface area (Å²) in [6, 6.07) is 20.1. The minimum atomic E-state index is -3.60. The number of sulfonamides is 1. The molecule has 1 saturated heterocycles. The molecule has 3 aromatic carbocycles. The molecule has 2 heterocycles. The highest BCUT2D eigenvalue weighted by Gasteiger charge is 2.26. The number of nitrogens with zero attached hydrogens (tertiary/aromatic N) is 2. The van der Waals surface area contributed by atoms with Crippen molar-refractivity contribution >= 4 is 43.2 Å². The first-order valence-corrected chi connectivity index (χ1v) is 12.8. The molecule has 4 aromatic rings. The summed E-state index contributed by atoms with van der Waals surface area (Å²) in [6.45, 7) is 1.42. The van der Waals surface area contributed by atoms with Gasteiger partial charge in [0.15, 0.2) is 5.13 Å². The van der Waals surface area contributed by atoms with Crippen LogP contribution in [0.2, 0.25) is 0 Å². The molecular weight excluding hydrogens is 458 g/mol. The summed E-state index contributed by atoms with van der Waals surface area (Å²) in [5.41, 5.74) is 2.15. The lowest BCUT2D eigenvalue weighted by molar-refractivity contribution is 0.0730. The van der Waals surface area contributed by atoms with Gasteiger partial charge in [0.1, 0.15) is 0 Å². The van der Waals surface area contributed by atoms with Gasteiger partial charge in [0.2, 0.25) is 10.0 Å². The van der Waals surface area contributed by atoms with E-state index in [0.29, 0.717) is 37.0 Å². The Kier molecular flexibility index (Phi) is 5.94. The molecule has 7 nitrogen and oxygen atoms in total. The van der Waals surface area contributed by atoms with Crippen molar-refractivity contribution < 1.29 is 17.9 Å². The minimum Gasteiger partial charge on any atom is -0.379 e. The van der Waals surface area contributed by atoms with Crippen LogP contribution in [0.15, 0.2) is 77.0 Å². The molecule has 0 spiro atoms. The lowest BCUT2D eigenvalue weighted by Gasteiger charge is -2.26. The fraction of sp³-hybridized carbons (Fsp3) is 0.167. The predicted octanol–water partition coefficient (Wildman–Crippen LogP) is 4.24. The van der Waals surface area contributed by atoms with Crippen molar-refractivity contribution in [1.82, 2.24) is 9.29 Å². The van der Waals surface area contributed by atoms with Crippen molar-refractivity contribution in [3.63, 3.8) is 0 Å². The molecule has 5 rings (SSSR count). The van der Waals surface area contributed by atoms with Gasteiger partial charge in [-0.3, -0.25) is 10.1 Å². The zero-order valence-electron chi connectivity index (χ0n) is 17.6. The van der Waals surface area contributed by atoms with E-state index in [1.54, 1.807) is 0 Å². The second kappa shape index (κ2) is 9.03. The Balaban J connectivity index is 1.32. The first-order chi connectivity index (χ1) is 16.0. The van der Waals surface area contributed by atoms with Crippen LogP contribution in [0.25, 0.3) is 22.0 Å². The van der Waals surface area contributed by atoms with Crippen molar-refractivity contribution in [3.8, 4) is 11.3 Å². The van der Waals surface area contributed by atoms with Gasteiger partial charge in [-0.25, -0.2) is 13.4 Å². The number of anilines is 1. The van der Waals surface area contributed by atoms with Crippen molar-refractivity contribution in [2.24, 2.45) is 0 Å². The summed E-state index contributed by atoms with van der Waals surface area (Å²) in [6.07, 6.45) is 0. The average molecular weight is 480 g/mol. The van der Waals surface area contributed by atoms with Crippen LogP contribution in [-0.4, -0.2) is 49.9 Å². The second-order valence-electron chi connectivity index (χ2n) is 7.56. The number of fused-ring (bicyclic) bond motifs is 1. The Morgan fingerprint density at radius 3 is 2.48 bits per heavy atom. The molecular formula is C24H21N3O4S2. The Morgan fingerprint density at radius 2 is 1.70 bits per heavy atom. The Bertz CT molecular complexity index is 1400. The number of thiazole rings is 1. The maximum absolute atomic E-state index is 12.8. The summed E-state index contributed by atoms with van der Waals surface area (Å²) < 4.78 is 32.1. The fourth-order valence-electron chi connectivity index (χ4n) is 3.79. The zero-order valence-corrected chi connectivity index (χ0v) is 19.2. The highest BCUT2D eigenvalue weighted by Crippen LogP contribution is 2.31. The maximum atomic E-state index is 12.8. The molecule has 1 amide bonds. The van der Waals surface area contributed by atoms with Crippen molar-refractivity contribution in [1.29, 1.82) is 0 Å². The zero-order chi connectivity index (χ0) is 22.8. The van der Waals surface area contributed by atoms with Gasteiger partial charge in [0.25, 0.3) is 5.91 Å². The molecule has 0 radical (unpaired) electrons. The second-order valence-corrected chi connectivity index (χ2v) is 10.4.